The van der Waals surface area contributed by atoms with Gasteiger partial charge in [-0.3, -0.25) is 14.2 Å². The lowest BCUT2D eigenvalue weighted by atomic mass is 10.0. The number of nitrogens with zero attached hydrogens (tertiary/aromatic N) is 2. The summed E-state index contributed by atoms with van der Waals surface area (Å²) < 4.78 is 7.63. The molecule has 200 valence electrons. The summed E-state index contributed by atoms with van der Waals surface area (Å²) in [4.78, 5) is 30.6. The van der Waals surface area contributed by atoms with Crippen molar-refractivity contribution in [2.75, 3.05) is 31.6 Å². The smallest absolute Gasteiger partial charge is 0.297 e. The summed E-state index contributed by atoms with van der Waals surface area (Å²) in [7, 11) is 0. The predicted octanol–water partition coefficient (Wildman–Crippen LogP) is 2.89. The molecule has 2 aromatic carbocycles. The number of hydrogen-bond donors (Lipinski definition) is 4. The maximum Gasteiger partial charge on any atom is 0.297 e. The number of ether oxygens (including phenoxy) is 1. The van der Waals surface area contributed by atoms with E-state index < -0.39 is 5.54 Å². The highest BCUT2D eigenvalue weighted by Gasteiger charge is 2.47. The van der Waals surface area contributed by atoms with Crippen LogP contribution in [0.15, 0.2) is 59.7 Å². The first-order chi connectivity index (χ1) is 18.5. The van der Waals surface area contributed by atoms with Crippen molar-refractivity contribution >= 4 is 11.7 Å². The highest BCUT2D eigenvalue weighted by atomic mass is 16.5. The van der Waals surface area contributed by atoms with Crippen LogP contribution in [0.3, 0.4) is 0 Å². The van der Waals surface area contributed by atoms with Crippen molar-refractivity contribution in [3.8, 4) is 11.4 Å². The number of carbonyl (C=O) groups is 1. The summed E-state index contributed by atoms with van der Waals surface area (Å²) in [5.41, 5.74) is 2.39. The summed E-state index contributed by atoms with van der Waals surface area (Å²) in [6.07, 6.45) is 7.70. The zero-order valence-electron chi connectivity index (χ0n) is 21.7. The van der Waals surface area contributed by atoms with E-state index in [4.69, 9.17) is 9.84 Å². The van der Waals surface area contributed by atoms with Gasteiger partial charge >= 0.3 is 0 Å². The summed E-state index contributed by atoms with van der Waals surface area (Å²) in [6, 6.07) is 13.6. The summed E-state index contributed by atoms with van der Waals surface area (Å²) in [6.45, 7) is 4.01. The minimum absolute atomic E-state index is 0.119. The van der Waals surface area contributed by atoms with Crippen molar-refractivity contribution < 1.29 is 14.6 Å². The molecule has 0 spiro atoms. The summed E-state index contributed by atoms with van der Waals surface area (Å²) in [5.74, 6) is 0.923. The molecule has 2 saturated carbocycles. The van der Waals surface area contributed by atoms with Crippen molar-refractivity contribution in [3.05, 3.63) is 81.9 Å². The zero-order valence-corrected chi connectivity index (χ0v) is 21.7. The van der Waals surface area contributed by atoms with Gasteiger partial charge in [-0.2, -0.15) is 0 Å². The van der Waals surface area contributed by atoms with Crippen molar-refractivity contribution in [3.63, 3.8) is 0 Å². The number of benzene rings is 2. The van der Waals surface area contributed by atoms with Crippen LogP contribution in [0.25, 0.3) is 5.69 Å². The van der Waals surface area contributed by atoms with Gasteiger partial charge in [0, 0.05) is 42.7 Å². The van der Waals surface area contributed by atoms with Crippen LogP contribution in [-0.4, -0.2) is 52.9 Å². The van der Waals surface area contributed by atoms with Crippen LogP contribution in [0.5, 0.6) is 5.75 Å². The molecule has 0 saturated heterocycles. The Morgan fingerprint density at radius 2 is 2.00 bits per heavy atom. The highest BCUT2D eigenvalue weighted by Crippen LogP contribution is 2.50. The molecule has 38 heavy (non-hydrogen) atoms. The van der Waals surface area contributed by atoms with Crippen molar-refractivity contribution in [2.24, 2.45) is 0 Å². The Labute approximate surface area is 222 Å². The molecule has 0 bridgehead atoms. The lowest BCUT2D eigenvalue weighted by molar-refractivity contribution is 0.0951. The van der Waals surface area contributed by atoms with E-state index in [1.165, 1.54) is 0 Å². The second-order valence-corrected chi connectivity index (χ2v) is 10.1. The fourth-order valence-corrected chi connectivity index (χ4v) is 4.56. The average molecular weight is 518 g/mol. The zero-order chi connectivity index (χ0) is 26.5. The largest absolute Gasteiger partial charge is 0.492 e. The number of aromatic nitrogens is 2. The molecule has 5 rings (SSSR count). The highest BCUT2D eigenvalue weighted by molar-refractivity contribution is 5.95. The number of amides is 1. The van der Waals surface area contributed by atoms with Crippen LogP contribution in [-0.2, 0) is 5.54 Å². The first kappa shape index (κ1) is 25.9. The first-order valence-electron chi connectivity index (χ1n) is 13.3. The molecular weight excluding hydrogens is 482 g/mol. The lowest BCUT2D eigenvalue weighted by Gasteiger charge is -2.22. The third kappa shape index (κ3) is 5.89. The molecule has 2 aliphatic carbocycles. The number of nitrogens with one attached hydrogen (secondary N) is 3. The molecule has 1 amide bonds. The molecular formula is C29H35N5O4. The maximum atomic E-state index is 13.6. The normalized spacial score (nSPS) is 15.6. The van der Waals surface area contributed by atoms with E-state index in [9.17, 15) is 9.59 Å². The Balaban J connectivity index is 1.35. The minimum Gasteiger partial charge on any atom is -0.492 e. The molecule has 0 aliphatic heterocycles. The molecule has 3 aromatic rings. The van der Waals surface area contributed by atoms with Gasteiger partial charge in [-0.05, 0) is 69.3 Å². The Morgan fingerprint density at radius 1 is 1.18 bits per heavy atom. The Hall–Kier alpha value is -3.69. The van der Waals surface area contributed by atoms with E-state index in [0.29, 0.717) is 30.8 Å². The SMILES string of the molecule is Cc1ccc(C(=O)NC2CC2)cc1-n1ccnc(NC2(c3ccccc3OCCNCCCO)CC2)c1=O. The van der Waals surface area contributed by atoms with E-state index in [2.05, 4.69) is 20.9 Å². The number of aliphatic hydroxyl groups is 1. The molecule has 0 unspecified atom stereocenters. The average Bonchev–Trinajstić information content (AvgIpc) is 3.86. The van der Waals surface area contributed by atoms with Gasteiger partial charge in [-0.15, -0.1) is 0 Å². The van der Waals surface area contributed by atoms with E-state index in [0.717, 1.165) is 49.1 Å². The number of aliphatic hydroxyl groups excluding tert-OH is 1. The van der Waals surface area contributed by atoms with Gasteiger partial charge in [0.25, 0.3) is 11.5 Å². The topological polar surface area (TPSA) is 118 Å². The van der Waals surface area contributed by atoms with Crippen LogP contribution >= 0.6 is 0 Å². The number of carbonyl (C=O) groups excluding carboxylic acids is 1. The Morgan fingerprint density at radius 3 is 2.76 bits per heavy atom. The fourth-order valence-electron chi connectivity index (χ4n) is 4.56. The van der Waals surface area contributed by atoms with Crippen molar-refractivity contribution in [2.45, 2.75) is 50.6 Å². The molecule has 1 aromatic heterocycles. The quantitative estimate of drug-likeness (QED) is 0.258. The summed E-state index contributed by atoms with van der Waals surface area (Å²) in [5, 5.41) is 18.6. The van der Waals surface area contributed by atoms with Crippen LogP contribution in [0, 0.1) is 6.92 Å². The van der Waals surface area contributed by atoms with E-state index in [-0.39, 0.29) is 29.9 Å². The Kier molecular flexibility index (Phi) is 7.76. The molecule has 9 nitrogen and oxygen atoms in total. The van der Waals surface area contributed by atoms with Crippen LogP contribution in [0.4, 0.5) is 5.82 Å². The van der Waals surface area contributed by atoms with Crippen LogP contribution in [0.2, 0.25) is 0 Å². The van der Waals surface area contributed by atoms with Gasteiger partial charge in [0.05, 0.1) is 11.2 Å². The minimum atomic E-state index is -0.423. The van der Waals surface area contributed by atoms with Gasteiger partial charge in [0.15, 0.2) is 5.82 Å². The standard InChI is InChI=1S/C29H35N5O4/c1-20-7-8-21(27(36)32-22-9-10-22)19-24(20)34-16-14-31-26(28(34)37)33-29(11-12-29)23-5-2-3-6-25(23)38-18-15-30-13-4-17-35/h2-3,5-8,14,16,19,22,30,35H,4,9-13,15,17-18H2,1H3,(H,31,33)(H,32,36). The van der Waals surface area contributed by atoms with Gasteiger partial charge in [0.2, 0.25) is 0 Å². The van der Waals surface area contributed by atoms with Crippen molar-refractivity contribution in [1.82, 2.24) is 20.2 Å². The second-order valence-electron chi connectivity index (χ2n) is 10.1. The van der Waals surface area contributed by atoms with Crippen molar-refractivity contribution in [1.29, 1.82) is 0 Å². The molecule has 0 atom stereocenters. The Bertz CT molecular complexity index is 1350. The third-order valence-electron chi connectivity index (χ3n) is 7.04. The number of hydrogen-bond acceptors (Lipinski definition) is 7. The van der Waals surface area contributed by atoms with Gasteiger partial charge < -0.3 is 25.8 Å². The fraction of sp³-hybridized carbons (Fsp3) is 0.414. The van der Waals surface area contributed by atoms with Gasteiger partial charge in [-0.25, -0.2) is 4.98 Å². The van der Waals surface area contributed by atoms with E-state index in [1.54, 1.807) is 29.1 Å². The first-order valence-corrected chi connectivity index (χ1v) is 13.3. The molecule has 9 heteroatoms. The predicted molar refractivity (Wildman–Crippen MR) is 146 cm³/mol. The van der Waals surface area contributed by atoms with Gasteiger partial charge in [0.1, 0.15) is 12.4 Å². The van der Waals surface area contributed by atoms with Crippen LogP contribution < -0.4 is 26.2 Å². The monoisotopic (exact) mass is 517 g/mol. The third-order valence-corrected chi connectivity index (χ3v) is 7.04. The lowest BCUT2D eigenvalue weighted by Crippen LogP contribution is -2.30. The number of anilines is 1. The second kappa shape index (κ2) is 11.4. The van der Waals surface area contributed by atoms with E-state index >= 15 is 0 Å². The molecule has 2 aliphatic rings. The molecule has 4 N–H and O–H groups in total. The molecule has 1 heterocycles. The summed E-state index contributed by atoms with van der Waals surface area (Å²) >= 11 is 0. The van der Waals surface area contributed by atoms with Crippen LogP contribution in [0.1, 0.15) is 53.6 Å². The number of rotatable bonds is 13. The number of para-hydroxylation sites is 1. The maximum absolute atomic E-state index is 13.6. The van der Waals surface area contributed by atoms with Gasteiger partial charge in [-0.1, -0.05) is 24.3 Å². The molecule has 2 fully saturated rings. The molecule has 0 radical (unpaired) electrons. The van der Waals surface area contributed by atoms with E-state index in [1.807, 2.05) is 37.3 Å². The number of aryl methyl sites for hydroxylation is 1.